The van der Waals surface area contributed by atoms with Gasteiger partial charge in [-0.05, 0) is 37.1 Å². The number of aromatic nitrogens is 1. The third-order valence-corrected chi connectivity index (χ3v) is 5.88. The molecule has 2 heterocycles. The van der Waals surface area contributed by atoms with Crippen LogP contribution in [0, 0.1) is 29.4 Å². The van der Waals surface area contributed by atoms with Crippen molar-refractivity contribution in [2.24, 2.45) is 11.8 Å². The fraction of sp³-hybridized carbons (Fsp3) is 0.400. The molecule has 0 unspecified atom stereocenters. The number of carbonyl (C=O) groups excluding carboxylic acids is 1. The molecular formula is C20H19F3N2O2. The Bertz CT molecular complexity index is 875. The summed E-state index contributed by atoms with van der Waals surface area (Å²) in [6.07, 6.45) is 3.50. The van der Waals surface area contributed by atoms with E-state index in [2.05, 4.69) is 4.98 Å². The molecule has 1 aromatic carbocycles. The number of fused-ring (bicyclic) bond motifs is 2. The zero-order chi connectivity index (χ0) is 19.2. The molecule has 2 fully saturated rings. The topological polar surface area (TPSA) is 53.4 Å². The second kappa shape index (κ2) is 6.64. The monoisotopic (exact) mass is 376 g/mol. The Morgan fingerprint density at radius 1 is 1.11 bits per heavy atom. The van der Waals surface area contributed by atoms with E-state index in [0.717, 1.165) is 18.6 Å². The van der Waals surface area contributed by atoms with Gasteiger partial charge in [0.05, 0.1) is 0 Å². The predicted octanol–water partition coefficient (Wildman–Crippen LogP) is 3.26. The van der Waals surface area contributed by atoms with Crippen molar-refractivity contribution >= 4 is 5.91 Å². The van der Waals surface area contributed by atoms with Gasteiger partial charge in [-0.2, -0.15) is 4.39 Å². The molecule has 7 heteroatoms. The molecule has 1 saturated carbocycles. The van der Waals surface area contributed by atoms with Gasteiger partial charge < -0.3 is 10.0 Å². The van der Waals surface area contributed by atoms with Gasteiger partial charge in [0, 0.05) is 42.2 Å². The van der Waals surface area contributed by atoms with Crippen LogP contribution in [0.5, 0.6) is 0 Å². The lowest BCUT2D eigenvalue weighted by molar-refractivity contribution is -0.141. The Hall–Kier alpha value is -2.41. The smallest absolute Gasteiger partial charge is 0.253 e. The van der Waals surface area contributed by atoms with Crippen LogP contribution in [0.3, 0.4) is 0 Å². The minimum absolute atomic E-state index is 0.0602. The summed E-state index contributed by atoms with van der Waals surface area (Å²) in [7, 11) is 0. The lowest BCUT2D eigenvalue weighted by atomic mass is 9.62. The van der Waals surface area contributed by atoms with Crippen LogP contribution in [-0.2, 0) is 5.60 Å². The van der Waals surface area contributed by atoms with Crippen LogP contribution < -0.4 is 0 Å². The highest BCUT2D eigenvalue weighted by Gasteiger charge is 2.53. The third kappa shape index (κ3) is 2.90. The van der Waals surface area contributed by atoms with Crippen molar-refractivity contribution in [1.82, 2.24) is 9.88 Å². The van der Waals surface area contributed by atoms with Gasteiger partial charge in [0.1, 0.15) is 5.60 Å². The molecule has 2 aromatic rings. The summed E-state index contributed by atoms with van der Waals surface area (Å²) in [6.45, 7) is 0.443. The Kier molecular flexibility index (Phi) is 4.42. The lowest BCUT2D eigenvalue weighted by Gasteiger charge is -2.53. The number of nitrogens with zero attached hydrogens (tertiary/aromatic N) is 2. The molecule has 1 aromatic heterocycles. The van der Waals surface area contributed by atoms with E-state index in [0.29, 0.717) is 12.8 Å². The fourth-order valence-corrected chi connectivity index (χ4v) is 4.55. The second-order valence-corrected chi connectivity index (χ2v) is 7.33. The first-order valence-corrected chi connectivity index (χ1v) is 8.99. The summed E-state index contributed by atoms with van der Waals surface area (Å²) >= 11 is 0. The Balaban J connectivity index is 1.64. The second-order valence-electron chi connectivity index (χ2n) is 7.33. The van der Waals surface area contributed by atoms with Crippen LogP contribution in [0.1, 0.15) is 35.2 Å². The number of hydrogen-bond acceptors (Lipinski definition) is 3. The van der Waals surface area contributed by atoms with E-state index >= 15 is 0 Å². The summed E-state index contributed by atoms with van der Waals surface area (Å²) in [6, 6.07) is 6.19. The van der Waals surface area contributed by atoms with E-state index in [1.54, 1.807) is 17.0 Å². The highest BCUT2D eigenvalue weighted by Crippen LogP contribution is 2.49. The van der Waals surface area contributed by atoms with Crippen LogP contribution in [0.25, 0.3) is 0 Å². The van der Waals surface area contributed by atoms with Gasteiger partial charge >= 0.3 is 0 Å². The number of halogens is 3. The van der Waals surface area contributed by atoms with Crippen molar-refractivity contribution < 1.29 is 23.1 Å². The molecule has 4 nitrogen and oxygen atoms in total. The van der Waals surface area contributed by atoms with Crippen molar-refractivity contribution in [2.75, 3.05) is 13.1 Å². The summed E-state index contributed by atoms with van der Waals surface area (Å²) in [4.78, 5) is 18.0. The lowest BCUT2D eigenvalue weighted by Crippen LogP contribution is -2.59. The van der Waals surface area contributed by atoms with E-state index < -0.39 is 29.1 Å². The number of rotatable bonds is 2. The van der Waals surface area contributed by atoms with Gasteiger partial charge in [0.2, 0.25) is 5.95 Å². The average molecular weight is 376 g/mol. The van der Waals surface area contributed by atoms with Gasteiger partial charge in [-0.3, -0.25) is 4.79 Å². The summed E-state index contributed by atoms with van der Waals surface area (Å²) in [5.41, 5.74) is -1.16. The van der Waals surface area contributed by atoms with Gasteiger partial charge in [0.25, 0.3) is 5.91 Å². The summed E-state index contributed by atoms with van der Waals surface area (Å²) in [5, 5.41) is 11.4. The van der Waals surface area contributed by atoms with Crippen molar-refractivity contribution in [3.8, 4) is 0 Å². The normalized spacial score (nSPS) is 27.5. The molecule has 2 atom stereocenters. The Morgan fingerprint density at radius 2 is 1.81 bits per heavy atom. The minimum Gasteiger partial charge on any atom is -0.384 e. The van der Waals surface area contributed by atoms with Crippen LogP contribution >= 0.6 is 0 Å². The molecule has 27 heavy (non-hydrogen) atoms. The first-order chi connectivity index (χ1) is 12.9. The number of hydrogen-bond donors (Lipinski definition) is 1. The highest BCUT2D eigenvalue weighted by molar-refractivity contribution is 5.94. The number of piperidine rings is 1. The van der Waals surface area contributed by atoms with Crippen LogP contribution in [0.2, 0.25) is 0 Å². The Labute approximate surface area is 154 Å². The molecule has 1 aliphatic carbocycles. The minimum atomic E-state index is -1.39. The maximum atomic E-state index is 14.3. The molecule has 1 aliphatic heterocycles. The van der Waals surface area contributed by atoms with Crippen molar-refractivity contribution in [2.45, 2.75) is 24.9 Å². The third-order valence-electron chi connectivity index (χ3n) is 5.88. The molecule has 2 aliphatic rings. The maximum Gasteiger partial charge on any atom is 0.253 e. The molecule has 0 radical (unpaired) electrons. The molecule has 4 rings (SSSR count). The molecule has 142 valence electrons. The standard InChI is InChI=1S/C20H19F3N2O2/c21-16-7-6-12(9-17(16)22)19(26)25-10-13-3-1-4-14(11-25)20(13,27)15-5-2-8-24-18(15)23/h2,5-9,13-14,27H,1,3-4,10-11H2/t13-,14-/m0/s1. The van der Waals surface area contributed by atoms with E-state index in [4.69, 9.17) is 0 Å². The van der Waals surface area contributed by atoms with Crippen LogP contribution in [0.4, 0.5) is 13.2 Å². The van der Waals surface area contributed by atoms with Crippen LogP contribution in [0.15, 0.2) is 36.5 Å². The van der Waals surface area contributed by atoms with E-state index in [-0.39, 0.29) is 36.1 Å². The van der Waals surface area contributed by atoms with Crippen molar-refractivity contribution in [3.05, 3.63) is 65.2 Å². The molecule has 1 N–H and O–H groups in total. The first kappa shape index (κ1) is 18.0. The fourth-order valence-electron chi connectivity index (χ4n) is 4.55. The first-order valence-electron chi connectivity index (χ1n) is 8.99. The SMILES string of the molecule is O=C(c1ccc(F)c(F)c1)N1C[C@@H]2CCC[C@@H](C1)C2(O)c1cccnc1F. The van der Waals surface area contributed by atoms with Crippen molar-refractivity contribution in [3.63, 3.8) is 0 Å². The molecule has 2 bridgehead atoms. The molecule has 1 amide bonds. The van der Waals surface area contributed by atoms with Gasteiger partial charge in [0.15, 0.2) is 11.6 Å². The highest BCUT2D eigenvalue weighted by atomic mass is 19.2. The molecule has 1 saturated heterocycles. The van der Waals surface area contributed by atoms with Gasteiger partial charge in [-0.1, -0.05) is 12.5 Å². The van der Waals surface area contributed by atoms with E-state index in [1.165, 1.54) is 12.3 Å². The number of aliphatic hydroxyl groups is 1. The molecule has 0 spiro atoms. The maximum absolute atomic E-state index is 14.3. The van der Waals surface area contributed by atoms with Crippen molar-refractivity contribution in [1.29, 1.82) is 0 Å². The zero-order valence-electron chi connectivity index (χ0n) is 14.5. The number of amides is 1. The van der Waals surface area contributed by atoms with E-state index in [9.17, 15) is 23.1 Å². The van der Waals surface area contributed by atoms with E-state index in [1.807, 2.05) is 0 Å². The summed E-state index contributed by atoms with van der Waals surface area (Å²) in [5.74, 6) is -3.90. The number of likely N-dealkylation sites (tertiary alicyclic amines) is 1. The average Bonchev–Trinajstić information content (AvgIpc) is 2.63. The quantitative estimate of drug-likeness (QED) is 0.819. The Morgan fingerprint density at radius 3 is 2.44 bits per heavy atom. The number of benzene rings is 1. The largest absolute Gasteiger partial charge is 0.384 e. The van der Waals surface area contributed by atoms with Crippen LogP contribution in [-0.4, -0.2) is 34.0 Å². The number of carbonyl (C=O) groups is 1. The van der Waals surface area contributed by atoms with Gasteiger partial charge in [-0.25, -0.2) is 13.8 Å². The zero-order valence-corrected chi connectivity index (χ0v) is 14.5. The summed E-state index contributed by atoms with van der Waals surface area (Å²) < 4.78 is 40.9. The van der Waals surface area contributed by atoms with Gasteiger partial charge in [-0.15, -0.1) is 0 Å². The predicted molar refractivity (Wildman–Crippen MR) is 91.2 cm³/mol. The molecular weight excluding hydrogens is 357 g/mol. The number of pyridine rings is 1.